The third-order valence-corrected chi connectivity index (χ3v) is 4.92. The molecule has 0 radical (unpaired) electrons. The van der Waals surface area contributed by atoms with E-state index in [-0.39, 0.29) is 12.2 Å². The van der Waals surface area contributed by atoms with E-state index in [1.807, 2.05) is 0 Å². The van der Waals surface area contributed by atoms with Gasteiger partial charge in [0.1, 0.15) is 5.69 Å². The van der Waals surface area contributed by atoms with E-state index < -0.39 is 79.8 Å². The van der Waals surface area contributed by atoms with E-state index in [9.17, 15) is 41.9 Å². The van der Waals surface area contributed by atoms with Crippen LogP contribution in [0.2, 0.25) is 0 Å². The monoisotopic (exact) mass is 514 g/mol. The van der Waals surface area contributed by atoms with Gasteiger partial charge in [0, 0.05) is 19.2 Å². The molecule has 0 bridgehead atoms. The number of hydrogen-bond donors (Lipinski definition) is 2. The molecular weight excluding hydrogens is 492 g/mol. The van der Waals surface area contributed by atoms with Crippen molar-refractivity contribution in [1.82, 2.24) is 5.32 Å². The van der Waals surface area contributed by atoms with Crippen molar-refractivity contribution in [3.05, 3.63) is 38.4 Å². The summed E-state index contributed by atoms with van der Waals surface area (Å²) in [4.78, 5) is 34.1. The van der Waals surface area contributed by atoms with Crippen molar-refractivity contribution in [2.24, 2.45) is 0 Å². The summed E-state index contributed by atoms with van der Waals surface area (Å²) in [5, 5.41) is 33.6. The first-order valence-corrected chi connectivity index (χ1v) is 12.6. The van der Waals surface area contributed by atoms with Crippen molar-refractivity contribution in [1.29, 1.82) is 0 Å². The van der Waals surface area contributed by atoms with Crippen LogP contribution in [0.25, 0.3) is 0 Å². The minimum Gasteiger partial charge on any atom is -0.395 e. The van der Waals surface area contributed by atoms with Crippen LogP contribution in [0.3, 0.4) is 0 Å². The van der Waals surface area contributed by atoms with Crippen LogP contribution >= 0.6 is 0 Å². The smallest absolute Gasteiger partial charge is 0.299 e. The second-order valence-corrected chi connectivity index (χ2v) is 9.71. The number of nitro groups is 2. The number of anilines is 1. The van der Waals surface area contributed by atoms with Gasteiger partial charge in [-0.1, -0.05) is 0 Å². The van der Waals surface area contributed by atoms with E-state index in [4.69, 9.17) is 9.29 Å². The fourth-order valence-electron chi connectivity index (χ4n) is 2.51. The number of hydrogen-bond acceptors (Lipinski definition) is 13. The first-order valence-electron chi connectivity index (χ1n) is 8.93. The second kappa shape index (κ2) is 11.8. The Bertz CT molecular complexity index is 1090. The van der Waals surface area contributed by atoms with Crippen LogP contribution in [-0.4, -0.2) is 89.2 Å². The zero-order valence-electron chi connectivity index (χ0n) is 17.4. The molecule has 0 aliphatic heterocycles. The third kappa shape index (κ3) is 10.0. The van der Waals surface area contributed by atoms with Crippen molar-refractivity contribution >= 4 is 43.2 Å². The standard InChI is InChI=1S/C15H22N4O12S2/c1-32(26,27)30-8-6-17(10-14(31-33(2,28)29)15(21)16-5-7-20)12-4-3-11(18(22)23)9-13(12)19(24)25/h3-4,9,14,20H,5-8,10H2,1-2H3,(H,16,21). The molecule has 1 amide bonds. The number of aliphatic hydroxyl groups is 1. The number of nitrogens with zero attached hydrogens (tertiary/aromatic N) is 3. The molecule has 186 valence electrons. The zero-order valence-corrected chi connectivity index (χ0v) is 19.1. The molecule has 0 spiro atoms. The highest BCUT2D eigenvalue weighted by Crippen LogP contribution is 2.32. The van der Waals surface area contributed by atoms with Gasteiger partial charge in [-0.3, -0.25) is 33.4 Å². The number of rotatable bonds is 14. The highest BCUT2D eigenvalue weighted by molar-refractivity contribution is 7.86. The Morgan fingerprint density at radius 3 is 2.27 bits per heavy atom. The largest absolute Gasteiger partial charge is 0.395 e. The molecule has 0 aliphatic rings. The summed E-state index contributed by atoms with van der Waals surface area (Å²) in [6.07, 6.45) is -0.367. The van der Waals surface area contributed by atoms with E-state index in [0.717, 1.165) is 23.3 Å². The number of carbonyl (C=O) groups excluding carboxylic acids is 1. The summed E-state index contributed by atoms with van der Waals surface area (Å²) in [5.41, 5.74) is -1.67. The summed E-state index contributed by atoms with van der Waals surface area (Å²) >= 11 is 0. The second-order valence-electron chi connectivity index (χ2n) is 6.46. The Labute approximate surface area is 188 Å². The van der Waals surface area contributed by atoms with Gasteiger partial charge < -0.3 is 15.3 Å². The van der Waals surface area contributed by atoms with E-state index >= 15 is 0 Å². The lowest BCUT2D eigenvalue weighted by Gasteiger charge is -2.28. The maximum Gasteiger partial charge on any atom is 0.299 e. The molecule has 0 fully saturated rings. The molecule has 0 heterocycles. The Morgan fingerprint density at radius 2 is 1.79 bits per heavy atom. The highest BCUT2D eigenvalue weighted by atomic mass is 32.2. The van der Waals surface area contributed by atoms with Gasteiger partial charge >= 0.3 is 0 Å². The number of nitrogens with one attached hydrogen (secondary N) is 1. The molecule has 1 aromatic rings. The molecule has 1 aromatic carbocycles. The molecule has 2 N–H and O–H groups in total. The first kappa shape index (κ1) is 28.1. The summed E-state index contributed by atoms with van der Waals surface area (Å²) in [5.74, 6) is -0.993. The van der Waals surface area contributed by atoms with Crippen LogP contribution in [-0.2, 0) is 33.4 Å². The lowest BCUT2D eigenvalue weighted by molar-refractivity contribution is -0.393. The molecule has 18 heteroatoms. The Morgan fingerprint density at radius 1 is 1.15 bits per heavy atom. The van der Waals surface area contributed by atoms with E-state index in [1.165, 1.54) is 0 Å². The Hall–Kier alpha value is -2.93. The molecular formula is C15H22N4O12S2. The van der Waals surface area contributed by atoms with E-state index in [0.29, 0.717) is 12.3 Å². The molecule has 1 atom stereocenters. The van der Waals surface area contributed by atoms with Gasteiger partial charge in [0.2, 0.25) is 0 Å². The Balaban J connectivity index is 3.44. The lowest BCUT2D eigenvalue weighted by atomic mass is 10.2. The number of aliphatic hydroxyl groups excluding tert-OH is 1. The van der Waals surface area contributed by atoms with Crippen LogP contribution in [0, 0.1) is 20.2 Å². The van der Waals surface area contributed by atoms with Gasteiger partial charge in [0.25, 0.3) is 37.5 Å². The molecule has 0 saturated carbocycles. The van der Waals surface area contributed by atoms with E-state index in [2.05, 4.69) is 9.50 Å². The molecule has 0 saturated heterocycles. The zero-order chi connectivity index (χ0) is 25.4. The minimum absolute atomic E-state index is 0.253. The van der Waals surface area contributed by atoms with Crippen molar-refractivity contribution in [3.63, 3.8) is 0 Å². The summed E-state index contributed by atoms with van der Waals surface area (Å²) in [6, 6.07) is 2.57. The minimum atomic E-state index is -4.21. The molecule has 0 aliphatic carbocycles. The molecule has 1 unspecified atom stereocenters. The fraction of sp³-hybridized carbons (Fsp3) is 0.533. The number of non-ortho nitro benzene ring substituents is 1. The van der Waals surface area contributed by atoms with Gasteiger partial charge in [-0.2, -0.15) is 16.8 Å². The van der Waals surface area contributed by atoms with Crippen molar-refractivity contribution in [2.75, 3.05) is 50.3 Å². The molecule has 33 heavy (non-hydrogen) atoms. The number of carbonyl (C=O) groups is 1. The first-order chi connectivity index (χ1) is 15.1. The lowest BCUT2D eigenvalue weighted by Crippen LogP contribution is -2.47. The van der Waals surface area contributed by atoms with Gasteiger partial charge in [0.15, 0.2) is 6.10 Å². The normalized spacial score (nSPS) is 12.7. The van der Waals surface area contributed by atoms with Gasteiger partial charge in [-0.05, 0) is 6.07 Å². The summed E-state index contributed by atoms with van der Waals surface area (Å²) < 4.78 is 55.1. The predicted octanol–water partition coefficient (Wildman–Crippen LogP) is -1.26. The van der Waals surface area contributed by atoms with Crippen molar-refractivity contribution in [2.45, 2.75) is 6.10 Å². The van der Waals surface area contributed by atoms with Crippen LogP contribution in [0.4, 0.5) is 17.1 Å². The van der Waals surface area contributed by atoms with Crippen molar-refractivity contribution in [3.8, 4) is 0 Å². The molecule has 1 rings (SSSR count). The molecule has 0 aromatic heterocycles. The highest BCUT2D eigenvalue weighted by Gasteiger charge is 2.30. The fourth-order valence-corrected chi connectivity index (χ4v) is 3.46. The summed E-state index contributed by atoms with van der Waals surface area (Å²) in [6.45, 7) is -2.36. The van der Waals surface area contributed by atoms with E-state index in [1.54, 1.807) is 0 Å². The predicted molar refractivity (Wildman–Crippen MR) is 113 cm³/mol. The van der Waals surface area contributed by atoms with Gasteiger partial charge in [-0.25, -0.2) is 0 Å². The van der Waals surface area contributed by atoms with Crippen LogP contribution in [0.5, 0.6) is 0 Å². The van der Waals surface area contributed by atoms with Crippen LogP contribution in [0.1, 0.15) is 0 Å². The maximum atomic E-state index is 12.4. The van der Waals surface area contributed by atoms with Crippen LogP contribution in [0.15, 0.2) is 18.2 Å². The topological polar surface area (TPSA) is 226 Å². The average molecular weight is 514 g/mol. The number of nitro benzene ring substituents is 2. The van der Waals surface area contributed by atoms with Crippen LogP contribution < -0.4 is 10.2 Å². The third-order valence-electron chi connectivity index (χ3n) is 3.75. The molecule has 16 nitrogen and oxygen atoms in total. The van der Waals surface area contributed by atoms with Gasteiger partial charge in [0.05, 0.1) is 48.2 Å². The Kier molecular flexibility index (Phi) is 10.0. The quantitative estimate of drug-likeness (QED) is 0.168. The number of amides is 1. The number of benzene rings is 1. The average Bonchev–Trinajstić information content (AvgIpc) is 2.68. The SMILES string of the molecule is CS(=O)(=O)OCCN(CC(OS(C)(=O)=O)C(=O)NCCO)c1ccc([N+](=O)[O-])cc1[N+](=O)[O-]. The summed E-state index contributed by atoms with van der Waals surface area (Å²) in [7, 11) is -8.13. The van der Waals surface area contributed by atoms with Crippen molar-refractivity contribution < 1.29 is 44.9 Å². The van der Waals surface area contributed by atoms with Gasteiger partial charge in [-0.15, -0.1) is 0 Å². The maximum absolute atomic E-state index is 12.4.